The van der Waals surface area contributed by atoms with Crippen molar-refractivity contribution in [3.63, 3.8) is 0 Å². The van der Waals surface area contributed by atoms with Gasteiger partial charge in [-0.15, -0.1) is 0 Å². The van der Waals surface area contributed by atoms with E-state index in [1.807, 2.05) is 24.3 Å². The van der Waals surface area contributed by atoms with Crippen molar-refractivity contribution < 1.29 is 23.0 Å². The molecule has 0 saturated heterocycles. The predicted octanol–water partition coefficient (Wildman–Crippen LogP) is 3.40. The van der Waals surface area contributed by atoms with Crippen LogP contribution < -0.4 is 14.2 Å². The molecule has 1 heterocycles. The molecule has 3 rings (SSSR count). The summed E-state index contributed by atoms with van der Waals surface area (Å²) < 4.78 is 37.8. The monoisotopic (exact) mass is 332 g/mol. The zero-order valence-electron chi connectivity index (χ0n) is 12.7. The third-order valence-electron chi connectivity index (χ3n) is 3.63. The van der Waals surface area contributed by atoms with Gasteiger partial charge in [0, 0.05) is 11.1 Å². The molecule has 0 aliphatic carbocycles. The van der Waals surface area contributed by atoms with Crippen LogP contribution in [0.15, 0.2) is 47.4 Å². The van der Waals surface area contributed by atoms with E-state index < -0.39 is 17.2 Å². The molecule has 6 heteroatoms. The van der Waals surface area contributed by atoms with Gasteiger partial charge in [0.15, 0.2) is 28.7 Å². The normalized spacial score (nSPS) is 17.5. The second kappa shape index (κ2) is 6.44. The Kier molecular flexibility index (Phi) is 4.36. The smallest absolute Gasteiger partial charge is 0.186 e. The Morgan fingerprint density at radius 3 is 2.52 bits per heavy atom. The molecule has 0 bridgehead atoms. The van der Waals surface area contributed by atoms with Gasteiger partial charge in [0.25, 0.3) is 0 Å². The molecular weight excluding hydrogens is 316 g/mol. The van der Waals surface area contributed by atoms with Crippen molar-refractivity contribution in [2.45, 2.75) is 6.10 Å². The minimum absolute atomic E-state index is 0.288. The maximum Gasteiger partial charge on any atom is 0.186 e. The summed E-state index contributed by atoms with van der Waals surface area (Å²) in [4.78, 5) is 0.288. The summed E-state index contributed by atoms with van der Waals surface area (Å²) in [6.45, 7) is 0. The fourth-order valence-corrected chi connectivity index (χ4v) is 3.11. The lowest BCUT2D eigenvalue weighted by molar-refractivity contribution is 0.244. The standard InChI is InChI=1S/C17H16O5S/c1-20-14-8-7-12(9-15(14)21-2)17-16(23(18)19)10-11-5-3-4-6-13(11)22-17/h3-10,17H,1-2H3,(H,18,19)/t17-/m0/s1. The third-order valence-corrected chi connectivity index (χ3v) is 4.37. The average molecular weight is 332 g/mol. The van der Waals surface area contributed by atoms with Gasteiger partial charge in [0.1, 0.15) is 5.75 Å². The van der Waals surface area contributed by atoms with E-state index in [4.69, 9.17) is 14.2 Å². The van der Waals surface area contributed by atoms with Crippen molar-refractivity contribution in [1.82, 2.24) is 0 Å². The van der Waals surface area contributed by atoms with Crippen molar-refractivity contribution in [2.75, 3.05) is 14.2 Å². The summed E-state index contributed by atoms with van der Waals surface area (Å²) in [7, 11) is 3.10. The first-order valence-corrected chi connectivity index (χ1v) is 8.04. The summed E-state index contributed by atoms with van der Waals surface area (Å²) in [6.07, 6.45) is 1.03. The quantitative estimate of drug-likeness (QED) is 0.869. The third kappa shape index (κ3) is 2.95. The molecule has 0 fully saturated rings. The molecule has 0 radical (unpaired) electrons. The predicted molar refractivity (Wildman–Crippen MR) is 88.1 cm³/mol. The van der Waals surface area contributed by atoms with Crippen LogP contribution >= 0.6 is 0 Å². The van der Waals surface area contributed by atoms with Crippen molar-refractivity contribution in [1.29, 1.82) is 0 Å². The van der Waals surface area contributed by atoms with Gasteiger partial charge in [-0.05, 0) is 24.3 Å². The fourth-order valence-electron chi connectivity index (χ4n) is 2.51. The van der Waals surface area contributed by atoms with Crippen molar-refractivity contribution in [3.8, 4) is 17.2 Å². The zero-order valence-corrected chi connectivity index (χ0v) is 13.5. The Morgan fingerprint density at radius 2 is 1.83 bits per heavy atom. The largest absolute Gasteiger partial charge is 0.493 e. The summed E-state index contributed by atoms with van der Waals surface area (Å²) >= 11 is -2.14. The van der Waals surface area contributed by atoms with Crippen LogP contribution in [0.5, 0.6) is 17.2 Å². The zero-order chi connectivity index (χ0) is 16.4. The number of rotatable bonds is 4. The molecule has 2 aromatic rings. The number of benzene rings is 2. The summed E-state index contributed by atoms with van der Waals surface area (Å²) in [5, 5.41) is 0. The van der Waals surface area contributed by atoms with E-state index in [0.717, 1.165) is 5.56 Å². The minimum Gasteiger partial charge on any atom is -0.493 e. The number of hydrogen-bond donors (Lipinski definition) is 1. The maximum atomic E-state index is 11.7. The minimum atomic E-state index is -2.14. The van der Waals surface area contributed by atoms with E-state index in [1.54, 1.807) is 38.5 Å². The highest BCUT2D eigenvalue weighted by atomic mass is 32.2. The maximum absolute atomic E-state index is 11.7. The molecule has 1 aliphatic rings. The molecule has 2 aromatic carbocycles. The van der Waals surface area contributed by atoms with Crippen LogP contribution in [0, 0.1) is 0 Å². The Labute approximate surface area is 136 Å². The Hall–Kier alpha value is -2.31. The van der Waals surface area contributed by atoms with Gasteiger partial charge in [-0.25, -0.2) is 4.21 Å². The van der Waals surface area contributed by atoms with Gasteiger partial charge in [-0.1, -0.05) is 24.3 Å². The summed E-state index contributed by atoms with van der Waals surface area (Å²) in [6, 6.07) is 12.7. The molecule has 0 spiro atoms. The molecule has 1 N–H and O–H groups in total. The van der Waals surface area contributed by atoms with Crippen LogP contribution in [0.3, 0.4) is 0 Å². The van der Waals surface area contributed by atoms with Crippen molar-refractivity contribution in [3.05, 3.63) is 58.5 Å². The second-order valence-corrected chi connectivity index (χ2v) is 5.92. The van der Waals surface area contributed by atoms with Crippen molar-refractivity contribution >= 4 is 17.2 Å². The van der Waals surface area contributed by atoms with Crippen LogP contribution in [0.2, 0.25) is 0 Å². The highest BCUT2D eigenvalue weighted by molar-refractivity contribution is 7.83. The fraction of sp³-hybridized carbons (Fsp3) is 0.176. The summed E-state index contributed by atoms with van der Waals surface area (Å²) in [5.41, 5.74) is 1.49. The number of ether oxygens (including phenoxy) is 3. The summed E-state index contributed by atoms with van der Waals surface area (Å²) in [5.74, 6) is 1.79. The number of methoxy groups -OCH3 is 2. The SMILES string of the molecule is COc1ccc([C@@H]2Oc3ccccc3C=C2S(=O)O)cc1OC. The number of para-hydroxylation sites is 1. The lowest BCUT2D eigenvalue weighted by Crippen LogP contribution is -2.17. The van der Waals surface area contributed by atoms with Crippen molar-refractivity contribution in [2.24, 2.45) is 0 Å². The van der Waals surface area contributed by atoms with E-state index in [1.165, 1.54) is 0 Å². The Balaban J connectivity index is 2.07. The first kappa shape index (κ1) is 15.6. The van der Waals surface area contributed by atoms with Crippen LogP contribution in [-0.4, -0.2) is 23.0 Å². The van der Waals surface area contributed by atoms with Crippen LogP contribution in [-0.2, 0) is 11.1 Å². The van der Waals surface area contributed by atoms with Crippen LogP contribution in [0.4, 0.5) is 0 Å². The van der Waals surface area contributed by atoms with E-state index in [9.17, 15) is 8.76 Å². The first-order chi connectivity index (χ1) is 11.1. The second-order valence-electron chi connectivity index (χ2n) is 4.95. The molecule has 0 aromatic heterocycles. The Bertz CT molecular complexity index is 784. The first-order valence-electron chi connectivity index (χ1n) is 6.94. The van der Waals surface area contributed by atoms with E-state index >= 15 is 0 Å². The molecule has 1 aliphatic heterocycles. The molecule has 0 saturated carbocycles. The molecule has 1 unspecified atom stereocenters. The highest BCUT2D eigenvalue weighted by Crippen LogP contribution is 2.40. The van der Waals surface area contributed by atoms with Gasteiger partial charge in [-0.2, -0.15) is 0 Å². The van der Waals surface area contributed by atoms with Gasteiger partial charge in [0.2, 0.25) is 0 Å². The Morgan fingerprint density at radius 1 is 1.09 bits per heavy atom. The molecular formula is C17H16O5S. The van der Waals surface area contributed by atoms with Crippen LogP contribution in [0.25, 0.3) is 6.08 Å². The number of hydrogen-bond acceptors (Lipinski definition) is 4. The average Bonchev–Trinajstić information content (AvgIpc) is 2.59. The molecule has 23 heavy (non-hydrogen) atoms. The van der Waals surface area contributed by atoms with Gasteiger partial charge >= 0.3 is 0 Å². The van der Waals surface area contributed by atoms with E-state index in [-0.39, 0.29) is 4.91 Å². The molecule has 5 nitrogen and oxygen atoms in total. The number of fused-ring (bicyclic) bond motifs is 1. The van der Waals surface area contributed by atoms with Crippen LogP contribution in [0.1, 0.15) is 17.2 Å². The van der Waals surface area contributed by atoms with E-state index in [2.05, 4.69) is 0 Å². The molecule has 2 atom stereocenters. The molecule has 0 amide bonds. The van der Waals surface area contributed by atoms with E-state index in [0.29, 0.717) is 22.8 Å². The van der Waals surface area contributed by atoms with Gasteiger partial charge < -0.3 is 18.8 Å². The molecule has 120 valence electrons. The van der Waals surface area contributed by atoms with Gasteiger partial charge in [0.05, 0.1) is 19.1 Å². The topological polar surface area (TPSA) is 65.0 Å². The van der Waals surface area contributed by atoms with Gasteiger partial charge in [-0.3, -0.25) is 0 Å². The lowest BCUT2D eigenvalue weighted by atomic mass is 10.0. The highest BCUT2D eigenvalue weighted by Gasteiger charge is 2.28. The lowest BCUT2D eigenvalue weighted by Gasteiger charge is -2.26.